The van der Waals surface area contributed by atoms with Gasteiger partial charge in [-0.2, -0.15) is 13.2 Å². The number of benzene rings is 1. The minimum atomic E-state index is -4.42. The first-order chi connectivity index (χ1) is 15.8. The van der Waals surface area contributed by atoms with Gasteiger partial charge in [-0.25, -0.2) is 14.4 Å². The number of oxazole rings is 1. The molecule has 33 heavy (non-hydrogen) atoms. The zero-order chi connectivity index (χ0) is 23.4. The van der Waals surface area contributed by atoms with Gasteiger partial charge in [0, 0.05) is 50.8 Å². The average molecular weight is 462 g/mol. The van der Waals surface area contributed by atoms with Crippen LogP contribution in [0.3, 0.4) is 0 Å². The number of nitrogens with zero attached hydrogens (tertiary/aromatic N) is 4. The molecule has 1 amide bonds. The van der Waals surface area contributed by atoms with Crippen LogP contribution in [0.1, 0.15) is 24.3 Å². The van der Waals surface area contributed by atoms with Crippen LogP contribution in [-0.4, -0.2) is 47.0 Å². The molecule has 0 radical (unpaired) electrons. The predicted molar refractivity (Wildman–Crippen MR) is 113 cm³/mol. The Balaban J connectivity index is 1.30. The quantitative estimate of drug-likeness (QED) is 0.520. The van der Waals surface area contributed by atoms with E-state index in [2.05, 4.69) is 9.97 Å². The summed E-state index contributed by atoms with van der Waals surface area (Å²) in [6, 6.07) is 8.25. The third-order valence-electron chi connectivity index (χ3n) is 5.48. The van der Waals surface area contributed by atoms with Gasteiger partial charge in [0.05, 0.1) is 11.8 Å². The molecule has 0 atom stereocenters. The number of hydrogen-bond acceptors (Lipinski definition) is 5. The van der Waals surface area contributed by atoms with Crippen molar-refractivity contribution in [3.63, 3.8) is 0 Å². The fourth-order valence-corrected chi connectivity index (χ4v) is 3.68. The van der Waals surface area contributed by atoms with Gasteiger partial charge in [-0.3, -0.25) is 4.79 Å². The third-order valence-corrected chi connectivity index (χ3v) is 5.48. The largest absolute Gasteiger partial charge is 0.441 e. The van der Waals surface area contributed by atoms with E-state index >= 15 is 0 Å². The summed E-state index contributed by atoms with van der Waals surface area (Å²) < 4.78 is 57.0. The van der Waals surface area contributed by atoms with E-state index in [-0.39, 0.29) is 18.1 Å². The van der Waals surface area contributed by atoms with Gasteiger partial charge in [0.25, 0.3) is 0 Å². The molecule has 0 spiro atoms. The molecule has 1 aliphatic rings. The molecule has 0 bridgehead atoms. The smallest absolute Gasteiger partial charge is 0.417 e. The lowest BCUT2D eigenvalue weighted by Crippen LogP contribution is -2.35. The Kier molecular flexibility index (Phi) is 6.62. The van der Waals surface area contributed by atoms with Crippen molar-refractivity contribution in [2.45, 2.75) is 25.4 Å². The second-order valence-electron chi connectivity index (χ2n) is 7.75. The summed E-state index contributed by atoms with van der Waals surface area (Å²) in [5.74, 6) is 1.01. The van der Waals surface area contributed by atoms with Crippen LogP contribution in [-0.2, 0) is 17.4 Å². The highest BCUT2D eigenvalue weighted by atomic mass is 19.4. The Morgan fingerprint density at radius 1 is 0.970 bits per heavy atom. The maximum atomic E-state index is 13.1. The van der Waals surface area contributed by atoms with Crippen LogP contribution in [0.4, 0.5) is 23.4 Å². The number of rotatable bonds is 5. The molecule has 0 N–H and O–H groups in total. The van der Waals surface area contributed by atoms with Gasteiger partial charge in [0.15, 0.2) is 11.7 Å². The van der Waals surface area contributed by atoms with Crippen LogP contribution < -0.4 is 4.90 Å². The monoisotopic (exact) mass is 462 g/mol. The number of aromatic nitrogens is 2. The topological polar surface area (TPSA) is 62.5 Å². The summed E-state index contributed by atoms with van der Waals surface area (Å²) in [7, 11) is 0. The summed E-state index contributed by atoms with van der Waals surface area (Å²) in [4.78, 5) is 24.5. The standard InChI is InChI=1S/C23H22F4N4O2/c24-18-5-2-16(3-6-18)19-15-29-21(33-19)8-9-22(32)31-11-1-10-30(12-13-31)20-7-4-17(14-28-20)23(25,26)27/h2-7,14-15H,1,8-13H2. The Morgan fingerprint density at radius 2 is 1.76 bits per heavy atom. The van der Waals surface area contributed by atoms with E-state index in [1.54, 1.807) is 23.2 Å². The van der Waals surface area contributed by atoms with Crippen molar-refractivity contribution in [3.8, 4) is 11.3 Å². The van der Waals surface area contributed by atoms with Crippen molar-refractivity contribution in [1.82, 2.24) is 14.9 Å². The highest BCUT2D eigenvalue weighted by Gasteiger charge is 2.31. The minimum absolute atomic E-state index is 0.0428. The molecule has 4 rings (SSSR count). The number of alkyl halides is 3. The number of aryl methyl sites for hydroxylation is 1. The number of halogens is 4. The molecule has 1 fully saturated rings. The lowest BCUT2D eigenvalue weighted by atomic mass is 10.2. The maximum Gasteiger partial charge on any atom is 0.417 e. The van der Waals surface area contributed by atoms with Gasteiger partial charge < -0.3 is 14.2 Å². The van der Waals surface area contributed by atoms with Crippen LogP contribution in [0, 0.1) is 5.82 Å². The Morgan fingerprint density at radius 3 is 2.45 bits per heavy atom. The average Bonchev–Trinajstić information content (AvgIpc) is 3.13. The van der Waals surface area contributed by atoms with Crippen LogP contribution in [0.25, 0.3) is 11.3 Å². The number of carbonyl (C=O) groups is 1. The van der Waals surface area contributed by atoms with Crippen LogP contribution in [0.2, 0.25) is 0 Å². The van der Waals surface area contributed by atoms with E-state index in [0.717, 1.165) is 12.3 Å². The molecular weight excluding hydrogens is 440 g/mol. The van der Waals surface area contributed by atoms with E-state index in [1.165, 1.54) is 18.2 Å². The highest BCUT2D eigenvalue weighted by Crippen LogP contribution is 2.29. The van der Waals surface area contributed by atoms with Crippen molar-refractivity contribution in [3.05, 3.63) is 66.1 Å². The maximum absolute atomic E-state index is 13.1. The summed E-state index contributed by atoms with van der Waals surface area (Å²) in [5, 5.41) is 0. The summed E-state index contributed by atoms with van der Waals surface area (Å²) in [5.41, 5.74) is -0.0852. The number of amides is 1. The van der Waals surface area contributed by atoms with Crippen molar-refractivity contribution >= 4 is 11.7 Å². The normalized spacial score (nSPS) is 14.9. The fraction of sp³-hybridized carbons (Fsp3) is 0.348. The van der Waals surface area contributed by atoms with Crippen molar-refractivity contribution in [2.24, 2.45) is 0 Å². The molecule has 6 nitrogen and oxygen atoms in total. The van der Waals surface area contributed by atoms with Crippen LogP contribution in [0.5, 0.6) is 0 Å². The third kappa shape index (κ3) is 5.68. The van der Waals surface area contributed by atoms with E-state index in [1.807, 2.05) is 4.90 Å². The molecule has 3 aromatic rings. The molecule has 1 aliphatic heterocycles. The predicted octanol–water partition coefficient (Wildman–Crippen LogP) is 4.57. The molecule has 10 heteroatoms. The Hall–Kier alpha value is -3.43. The molecule has 0 saturated carbocycles. The van der Waals surface area contributed by atoms with E-state index in [9.17, 15) is 22.4 Å². The summed E-state index contributed by atoms with van der Waals surface area (Å²) >= 11 is 0. The molecule has 2 aromatic heterocycles. The van der Waals surface area contributed by atoms with Gasteiger partial charge in [0.1, 0.15) is 11.6 Å². The molecule has 3 heterocycles. The first-order valence-corrected chi connectivity index (χ1v) is 10.6. The lowest BCUT2D eigenvalue weighted by molar-refractivity contribution is -0.137. The summed E-state index contributed by atoms with van der Waals surface area (Å²) in [6.45, 7) is 2.09. The van der Waals surface area contributed by atoms with Crippen molar-refractivity contribution in [1.29, 1.82) is 0 Å². The number of pyridine rings is 1. The molecule has 1 saturated heterocycles. The minimum Gasteiger partial charge on any atom is -0.441 e. The first kappa shape index (κ1) is 22.8. The van der Waals surface area contributed by atoms with Crippen molar-refractivity contribution in [2.75, 3.05) is 31.1 Å². The van der Waals surface area contributed by atoms with Gasteiger partial charge in [-0.15, -0.1) is 0 Å². The lowest BCUT2D eigenvalue weighted by Gasteiger charge is -2.23. The second kappa shape index (κ2) is 9.60. The van der Waals surface area contributed by atoms with Gasteiger partial charge in [-0.05, 0) is 42.8 Å². The molecule has 0 unspecified atom stereocenters. The summed E-state index contributed by atoms with van der Waals surface area (Å²) in [6.07, 6.45) is -0.797. The van der Waals surface area contributed by atoms with Gasteiger partial charge in [-0.1, -0.05) is 0 Å². The van der Waals surface area contributed by atoms with Crippen molar-refractivity contribution < 1.29 is 26.8 Å². The van der Waals surface area contributed by atoms with Gasteiger partial charge in [0.2, 0.25) is 5.91 Å². The van der Waals surface area contributed by atoms with Crippen LogP contribution >= 0.6 is 0 Å². The fourth-order valence-electron chi connectivity index (χ4n) is 3.68. The Bertz CT molecular complexity index is 1080. The van der Waals surface area contributed by atoms with Gasteiger partial charge >= 0.3 is 6.18 Å². The van der Waals surface area contributed by atoms with E-state index < -0.39 is 11.7 Å². The number of anilines is 1. The molecule has 174 valence electrons. The van der Waals surface area contributed by atoms with Crippen LogP contribution in [0.15, 0.2) is 53.2 Å². The SMILES string of the molecule is O=C(CCc1ncc(-c2ccc(F)cc2)o1)N1CCCN(c2ccc(C(F)(F)F)cn2)CC1. The molecule has 1 aromatic carbocycles. The first-order valence-electron chi connectivity index (χ1n) is 10.6. The Labute approximate surface area is 187 Å². The number of hydrogen-bond donors (Lipinski definition) is 0. The second-order valence-corrected chi connectivity index (χ2v) is 7.75. The zero-order valence-corrected chi connectivity index (χ0v) is 17.7. The highest BCUT2D eigenvalue weighted by molar-refractivity contribution is 5.76. The molecular formula is C23H22F4N4O2. The zero-order valence-electron chi connectivity index (χ0n) is 17.7. The van der Waals surface area contributed by atoms with E-state index in [4.69, 9.17) is 4.42 Å². The van der Waals surface area contributed by atoms with E-state index in [0.29, 0.717) is 62.1 Å². The number of carbonyl (C=O) groups excluding carboxylic acids is 1. The molecule has 0 aliphatic carbocycles.